The highest BCUT2D eigenvalue weighted by molar-refractivity contribution is 5.68. The summed E-state index contributed by atoms with van der Waals surface area (Å²) < 4.78 is 5.24. The fourth-order valence-corrected chi connectivity index (χ4v) is 2.63. The van der Waals surface area contributed by atoms with Gasteiger partial charge in [0.15, 0.2) is 0 Å². The van der Waals surface area contributed by atoms with Crippen molar-refractivity contribution >= 4 is 6.09 Å². The molecule has 2 saturated carbocycles. The van der Waals surface area contributed by atoms with Gasteiger partial charge < -0.3 is 10.1 Å². The minimum absolute atomic E-state index is 0.253. The lowest BCUT2D eigenvalue weighted by atomic mass is 10.1. The first kappa shape index (κ1) is 10.8. The Bertz CT molecular complexity index is 261. The van der Waals surface area contributed by atoms with Crippen molar-refractivity contribution in [1.29, 1.82) is 0 Å². The van der Waals surface area contributed by atoms with Gasteiger partial charge in [-0.2, -0.15) is 0 Å². The molecule has 0 heterocycles. The number of carbonyl (C=O) groups excluding carboxylic acids is 1. The molecule has 1 amide bonds. The van der Waals surface area contributed by atoms with Crippen LogP contribution in [-0.4, -0.2) is 17.7 Å². The normalized spacial score (nSPS) is 27.8. The molecule has 0 aliphatic heterocycles. The van der Waals surface area contributed by atoms with E-state index in [0.717, 1.165) is 6.42 Å². The van der Waals surface area contributed by atoms with E-state index in [4.69, 9.17) is 4.74 Å². The third-order valence-electron chi connectivity index (χ3n) is 3.48. The van der Waals surface area contributed by atoms with Crippen molar-refractivity contribution in [3.8, 4) is 0 Å². The van der Waals surface area contributed by atoms with Crippen molar-refractivity contribution in [2.45, 2.75) is 64.5 Å². The standard InChI is InChI=1S/C12H21NO2/c1-11(2,3)15-10(14)13-9-8-12(9)6-4-5-7-12/h9H,4-8H2,1-3H3,(H,13,14)/t9-/m0/s1. The van der Waals surface area contributed by atoms with Gasteiger partial charge in [-0.25, -0.2) is 4.79 Å². The summed E-state index contributed by atoms with van der Waals surface area (Å²) in [7, 11) is 0. The molecule has 0 radical (unpaired) electrons. The summed E-state index contributed by atoms with van der Waals surface area (Å²) in [6.07, 6.45) is 6.13. The molecule has 3 heteroatoms. The first-order valence-corrected chi connectivity index (χ1v) is 5.91. The third kappa shape index (κ3) is 2.44. The Kier molecular flexibility index (Phi) is 2.44. The predicted molar refractivity (Wildman–Crippen MR) is 58.7 cm³/mol. The fourth-order valence-electron chi connectivity index (χ4n) is 2.63. The molecule has 0 bridgehead atoms. The Labute approximate surface area is 91.6 Å². The van der Waals surface area contributed by atoms with Crippen LogP contribution in [0.15, 0.2) is 0 Å². The molecule has 0 aromatic carbocycles. The SMILES string of the molecule is CC(C)(C)OC(=O)N[C@H]1CC12CCCC2. The minimum atomic E-state index is -0.387. The van der Waals surface area contributed by atoms with E-state index in [0.29, 0.717) is 11.5 Å². The van der Waals surface area contributed by atoms with Gasteiger partial charge in [0.2, 0.25) is 0 Å². The van der Waals surface area contributed by atoms with Gasteiger partial charge in [-0.3, -0.25) is 0 Å². The molecule has 86 valence electrons. The summed E-state index contributed by atoms with van der Waals surface area (Å²) in [5.74, 6) is 0. The molecule has 0 aromatic heterocycles. The van der Waals surface area contributed by atoms with Crippen molar-refractivity contribution < 1.29 is 9.53 Å². The Morgan fingerprint density at radius 3 is 2.47 bits per heavy atom. The second-order valence-corrected chi connectivity index (χ2v) is 5.97. The molecule has 3 nitrogen and oxygen atoms in total. The van der Waals surface area contributed by atoms with Crippen molar-refractivity contribution in [3.05, 3.63) is 0 Å². The van der Waals surface area contributed by atoms with E-state index in [1.165, 1.54) is 25.7 Å². The number of carbonyl (C=O) groups is 1. The van der Waals surface area contributed by atoms with E-state index in [1.54, 1.807) is 0 Å². The van der Waals surface area contributed by atoms with Gasteiger partial charge in [0.05, 0.1) is 0 Å². The van der Waals surface area contributed by atoms with Crippen LogP contribution in [0.4, 0.5) is 4.79 Å². The first-order chi connectivity index (χ1) is 6.91. The Balaban J connectivity index is 1.77. The number of nitrogens with one attached hydrogen (secondary N) is 1. The smallest absolute Gasteiger partial charge is 0.407 e. The maximum absolute atomic E-state index is 11.5. The second-order valence-electron chi connectivity index (χ2n) is 5.97. The molecule has 2 aliphatic carbocycles. The van der Waals surface area contributed by atoms with E-state index in [1.807, 2.05) is 20.8 Å². The maximum atomic E-state index is 11.5. The van der Waals surface area contributed by atoms with E-state index in [-0.39, 0.29) is 11.7 Å². The number of hydrogen-bond donors (Lipinski definition) is 1. The Morgan fingerprint density at radius 1 is 1.33 bits per heavy atom. The number of ether oxygens (including phenoxy) is 1. The van der Waals surface area contributed by atoms with Gasteiger partial charge in [0, 0.05) is 6.04 Å². The molecule has 2 fully saturated rings. The molecule has 0 saturated heterocycles. The van der Waals surface area contributed by atoms with Crippen molar-refractivity contribution in [3.63, 3.8) is 0 Å². The zero-order valence-corrected chi connectivity index (χ0v) is 9.93. The fraction of sp³-hybridized carbons (Fsp3) is 0.917. The van der Waals surface area contributed by atoms with Crippen molar-refractivity contribution in [1.82, 2.24) is 5.32 Å². The van der Waals surface area contributed by atoms with Crippen LogP contribution in [0.25, 0.3) is 0 Å². The van der Waals surface area contributed by atoms with E-state index in [9.17, 15) is 4.79 Å². The Hall–Kier alpha value is -0.730. The highest BCUT2D eigenvalue weighted by Crippen LogP contribution is 2.57. The monoisotopic (exact) mass is 211 g/mol. The molecule has 2 rings (SSSR count). The maximum Gasteiger partial charge on any atom is 0.407 e. The van der Waals surface area contributed by atoms with Crippen LogP contribution in [0, 0.1) is 5.41 Å². The van der Waals surface area contributed by atoms with Crippen LogP contribution in [0.1, 0.15) is 52.9 Å². The van der Waals surface area contributed by atoms with Crippen LogP contribution in [0.2, 0.25) is 0 Å². The summed E-state index contributed by atoms with van der Waals surface area (Å²) >= 11 is 0. The van der Waals surface area contributed by atoms with Gasteiger partial charge >= 0.3 is 6.09 Å². The lowest BCUT2D eigenvalue weighted by molar-refractivity contribution is 0.0516. The average Bonchev–Trinajstić information content (AvgIpc) is 2.54. The average molecular weight is 211 g/mol. The van der Waals surface area contributed by atoms with E-state index < -0.39 is 0 Å². The van der Waals surface area contributed by atoms with Crippen molar-refractivity contribution in [2.24, 2.45) is 5.41 Å². The van der Waals surface area contributed by atoms with Crippen LogP contribution >= 0.6 is 0 Å². The molecule has 15 heavy (non-hydrogen) atoms. The van der Waals surface area contributed by atoms with Crippen LogP contribution < -0.4 is 5.32 Å². The van der Waals surface area contributed by atoms with E-state index in [2.05, 4.69) is 5.32 Å². The number of amides is 1. The van der Waals surface area contributed by atoms with Crippen LogP contribution in [0.3, 0.4) is 0 Å². The third-order valence-corrected chi connectivity index (χ3v) is 3.48. The Morgan fingerprint density at radius 2 is 1.93 bits per heavy atom. The largest absolute Gasteiger partial charge is 0.444 e. The summed E-state index contributed by atoms with van der Waals surface area (Å²) in [6.45, 7) is 5.68. The van der Waals surface area contributed by atoms with Gasteiger partial charge in [0.1, 0.15) is 5.60 Å². The number of alkyl carbamates (subject to hydrolysis) is 1. The van der Waals surface area contributed by atoms with Gasteiger partial charge in [0.25, 0.3) is 0 Å². The minimum Gasteiger partial charge on any atom is -0.444 e. The summed E-state index contributed by atoms with van der Waals surface area (Å²) in [5.41, 5.74) is 0.0682. The molecule has 0 aromatic rings. The highest BCUT2D eigenvalue weighted by Gasteiger charge is 2.56. The zero-order valence-electron chi connectivity index (χ0n) is 9.93. The lowest BCUT2D eigenvalue weighted by Gasteiger charge is -2.20. The molecule has 1 atom stereocenters. The quantitative estimate of drug-likeness (QED) is 0.724. The molecule has 0 unspecified atom stereocenters. The van der Waals surface area contributed by atoms with E-state index >= 15 is 0 Å². The number of rotatable bonds is 1. The molecular formula is C12H21NO2. The molecular weight excluding hydrogens is 190 g/mol. The van der Waals surface area contributed by atoms with Gasteiger partial charge in [-0.15, -0.1) is 0 Å². The van der Waals surface area contributed by atoms with Gasteiger partial charge in [-0.1, -0.05) is 12.8 Å². The zero-order chi connectivity index (χ0) is 11.1. The van der Waals surface area contributed by atoms with Crippen LogP contribution in [-0.2, 0) is 4.74 Å². The van der Waals surface area contributed by atoms with Gasteiger partial charge in [-0.05, 0) is 45.4 Å². The first-order valence-electron chi connectivity index (χ1n) is 5.91. The molecule has 1 spiro atoms. The highest BCUT2D eigenvalue weighted by atomic mass is 16.6. The van der Waals surface area contributed by atoms with Crippen molar-refractivity contribution in [2.75, 3.05) is 0 Å². The number of hydrogen-bond acceptors (Lipinski definition) is 2. The second kappa shape index (κ2) is 3.39. The predicted octanol–water partition coefficient (Wildman–Crippen LogP) is 2.84. The summed E-state index contributed by atoms with van der Waals surface area (Å²) in [5, 5.41) is 2.98. The lowest BCUT2D eigenvalue weighted by Crippen LogP contribution is -2.35. The summed E-state index contributed by atoms with van der Waals surface area (Å²) in [4.78, 5) is 11.5. The topological polar surface area (TPSA) is 38.3 Å². The van der Waals surface area contributed by atoms with Crippen LogP contribution in [0.5, 0.6) is 0 Å². The molecule has 2 aliphatic rings. The molecule has 1 N–H and O–H groups in total. The summed E-state index contributed by atoms with van der Waals surface area (Å²) in [6, 6.07) is 0.384.